The fourth-order valence-corrected chi connectivity index (χ4v) is 4.26. The van der Waals surface area contributed by atoms with Gasteiger partial charge in [0, 0.05) is 37.5 Å². The van der Waals surface area contributed by atoms with Gasteiger partial charge in [0.05, 0.1) is 6.54 Å². The lowest BCUT2D eigenvalue weighted by atomic mass is 9.99. The fourth-order valence-electron chi connectivity index (χ4n) is 4.26. The molecule has 2 heterocycles. The molecule has 10 nitrogen and oxygen atoms in total. The molecule has 2 aliphatic rings. The Morgan fingerprint density at radius 1 is 1.03 bits per heavy atom. The molecular weight excluding hydrogens is 488 g/mol. The van der Waals surface area contributed by atoms with Crippen LogP contribution in [0.1, 0.15) is 46.1 Å². The number of ether oxygens (including phenoxy) is 2. The molecule has 3 rings (SSSR count). The molecule has 1 saturated heterocycles. The average molecular weight is 529 g/mol. The summed E-state index contributed by atoms with van der Waals surface area (Å²) >= 11 is 0. The predicted molar refractivity (Wildman–Crippen MR) is 143 cm³/mol. The largest absolute Gasteiger partial charge is 0.462 e. The molecule has 1 aromatic carbocycles. The van der Waals surface area contributed by atoms with Crippen molar-refractivity contribution in [2.75, 3.05) is 31.6 Å². The van der Waals surface area contributed by atoms with Crippen LogP contribution in [0.3, 0.4) is 0 Å². The van der Waals surface area contributed by atoms with Gasteiger partial charge >= 0.3 is 5.97 Å². The molecule has 1 aromatic rings. The van der Waals surface area contributed by atoms with Crippen molar-refractivity contribution in [1.82, 2.24) is 16.0 Å². The number of epoxide rings is 1. The Morgan fingerprint density at radius 2 is 1.76 bits per heavy atom. The van der Waals surface area contributed by atoms with Crippen LogP contribution in [-0.2, 0) is 35.1 Å². The third-order valence-corrected chi connectivity index (χ3v) is 6.37. The number of benzene rings is 1. The van der Waals surface area contributed by atoms with Crippen molar-refractivity contribution in [3.8, 4) is 0 Å². The number of carbonyl (C=O) groups excluding carboxylic acids is 4. The van der Waals surface area contributed by atoms with E-state index in [0.717, 1.165) is 17.7 Å². The Morgan fingerprint density at radius 3 is 2.47 bits per heavy atom. The maximum Gasteiger partial charge on any atom is 0.338 e. The summed E-state index contributed by atoms with van der Waals surface area (Å²) in [4.78, 5) is 52.0. The summed E-state index contributed by atoms with van der Waals surface area (Å²) < 4.78 is 10.4. The summed E-state index contributed by atoms with van der Waals surface area (Å²) in [5.41, 5.74) is 2.74. The maximum atomic E-state index is 12.6. The van der Waals surface area contributed by atoms with Crippen molar-refractivity contribution in [2.24, 2.45) is 11.8 Å². The Balaban J connectivity index is 1.38. The van der Waals surface area contributed by atoms with Crippen LogP contribution in [-0.4, -0.2) is 68.7 Å². The van der Waals surface area contributed by atoms with Gasteiger partial charge < -0.3 is 30.3 Å². The minimum atomic E-state index is -1.01. The molecule has 3 atom stereocenters. The van der Waals surface area contributed by atoms with Gasteiger partial charge in [0.25, 0.3) is 5.91 Å². The van der Waals surface area contributed by atoms with Crippen LogP contribution < -0.4 is 20.9 Å². The summed E-state index contributed by atoms with van der Waals surface area (Å²) in [6, 6.07) is 7.18. The summed E-state index contributed by atoms with van der Waals surface area (Å²) in [6.07, 6.45) is 1.63. The zero-order valence-corrected chi connectivity index (χ0v) is 22.9. The lowest BCUT2D eigenvalue weighted by molar-refractivity contribution is -0.145. The first-order valence-corrected chi connectivity index (χ1v) is 13.3. The van der Waals surface area contributed by atoms with Gasteiger partial charge in [-0.15, -0.1) is 0 Å². The minimum Gasteiger partial charge on any atom is -0.462 e. The predicted octanol–water partition coefficient (Wildman–Crippen LogP) is 1.68. The third-order valence-electron chi connectivity index (χ3n) is 6.37. The van der Waals surface area contributed by atoms with E-state index in [-0.39, 0.29) is 30.9 Å². The zero-order valence-electron chi connectivity index (χ0n) is 22.9. The Bertz CT molecular complexity index is 1050. The highest BCUT2D eigenvalue weighted by Gasteiger charge is 2.52. The van der Waals surface area contributed by atoms with Crippen molar-refractivity contribution in [2.45, 2.75) is 65.2 Å². The second-order valence-electron chi connectivity index (χ2n) is 10.6. The van der Waals surface area contributed by atoms with Gasteiger partial charge in [0.1, 0.15) is 12.6 Å². The highest BCUT2D eigenvalue weighted by molar-refractivity contribution is 5.96. The lowest BCUT2D eigenvalue weighted by Crippen LogP contribution is -2.49. The second-order valence-corrected chi connectivity index (χ2v) is 10.6. The van der Waals surface area contributed by atoms with E-state index in [2.05, 4.69) is 29.8 Å². The summed E-state index contributed by atoms with van der Waals surface area (Å²) in [7, 11) is 1.89. The van der Waals surface area contributed by atoms with E-state index in [0.29, 0.717) is 30.9 Å². The number of carbonyl (C=O) groups is 4. The van der Waals surface area contributed by atoms with E-state index in [1.54, 1.807) is 6.20 Å². The van der Waals surface area contributed by atoms with Gasteiger partial charge in [-0.3, -0.25) is 14.4 Å². The normalized spacial score (nSPS) is 18.8. The first-order chi connectivity index (χ1) is 18.1. The van der Waals surface area contributed by atoms with Crippen LogP contribution in [0.15, 0.2) is 36.0 Å². The van der Waals surface area contributed by atoms with Crippen LogP contribution in [0, 0.1) is 11.8 Å². The van der Waals surface area contributed by atoms with E-state index < -0.39 is 30.1 Å². The number of rotatable bonds is 13. The SMILES string of the molecule is CC(C)CCNC(=O)[C@@H](CC(C)C)NC(=O)[C@@H]1O[C@H]1C(=O)OCCNC(=O)C1=CN(C)c2ccccc2C1. The summed E-state index contributed by atoms with van der Waals surface area (Å²) in [5, 5.41) is 8.33. The number of esters is 1. The maximum absolute atomic E-state index is 12.6. The molecule has 0 spiro atoms. The highest BCUT2D eigenvalue weighted by atomic mass is 16.6. The molecule has 0 unspecified atom stereocenters. The number of nitrogens with zero attached hydrogens (tertiary/aromatic N) is 1. The first-order valence-electron chi connectivity index (χ1n) is 13.3. The number of hydrogen-bond acceptors (Lipinski definition) is 7. The zero-order chi connectivity index (χ0) is 27.8. The Labute approximate surface area is 224 Å². The molecule has 208 valence electrons. The Kier molecular flexibility index (Phi) is 10.3. The topological polar surface area (TPSA) is 129 Å². The van der Waals surface area contributed by atoms with Gasteiger partial charge in [0.15, 0.2) is 12.2 Å². The van der Waals surface area contributed by atoms with Crippen LogP contribution in [0.25, 0.3) is 0 Å². The van der Waals surface area contributed by atoms with Crippen molar-refractivity contribution >= 4 is 29.4 Å². The van der Waals surface area contributed by atoms with Gasteiger partial charge in [-0.2, -0.15) is 0 Å². The second kappa shape index (κ2) is 13.4. The first kappa shape index (κ1) is 29.2. The molecule has 10 heteroatoms. The van der Waals surface area contributed by atoms with Crippen molar-refractivity contribution < 1.29 is 28.7 Å². The van der Waals surface area contributed by atoms with E-state index >= 15 is 0 Å². The molecule has 38 heavy (non-hydrogen) atoms. The molecule has 0 aromatic heterocycles. The lowest BCUT2D eigenvalue weighted by Gasteiger charge is -2.25. The van der Waals surface area contributed by atoms with Crippen molar-refractivity contribution in [1.29, 1.82) is 0 Å². The molecule has 3 amide bonds. The quantitative estimate of drug-likeness (QED) is 0.202. The number of fused-ring (bicyclic) bond motifs is 1. The fraction of sp³-hybridized carbons (Fsp3) is 0.571. The summed E-state index contributed by atoms with van der Waals surface area (Å²) in [5.74, 6) is -1.02. The molecule has 0 radical (unpaired) electrons. The number of anilines is 1. The molecule has 0 aliphatic carbocycles. The van der Waals surface area contributed by atoms with Crippen LogP contribution >= 0.6 is 0 Å². The third kappa shape index (κ3) is 8.31. The molecule has 1 fully saturated rings. The summed E-state index contributed by atoms with van der Waals surface area (Å²) in [6.45, 7) is 8.70. The van der Waals surface area contributed by atoms with Crippen molar-refractivity contribution in [3.05, 3.63) is 41.6 Å². The molecule has 0 bridgehead atoms. The van der Waals surface area contributed by atoms with Gasteiger partial charge in [-0.1, -0.05) is 45.9 Å². The van der Waals surface area contributed by atoms with Gasteiger partial charge in [-0.25, -0.2) is 4.79 Å². The van der Waals surface area contributed by atoms with Crippen LogP contribution in [0.4, 0.5) is 5.69 Å². The number of para-hydroxylation sites is 1. The standard InChI is InChI=1S/C28H40N4O6/c1-17(2)10-11-29-26(34)21(14-18(3)4)31-27(35)23-24(38-23)28(36)37-13-12-30-25(33)20-15-19-8-6-7-9-22(19)32(5)16-20/h6-9,16-18,21,23-24H,10-15H2,1-5H3,(H,29,34)(H,30,33)(H,31,35)/t21-,23-,24-/m1/s1. The van der Waals surface area contributed by atoms with Gasteiger partial charge in [0.2, 0.25) is 11.8 Å². The molecule has 2 aliphatic heterocycles. The Hall–Kier alpha value is -3.40. The van der Waals surface area contributed by atoms with Crippen molar-refractivity contribution in [3.63, 3.8) is 0 Å². The van der Waals surface area contributed by atoms with Gasteiger partial charge in [-0.05, 0) is 36.3 Å². The number of nitrogens with one attached hydrogen (secondary N) is 3. The monoisotopic (exact) mass is 528 g/mol. The van der Waals surface area contributed by atoms with E-state index in [9.17, 15) is 19.2 Å². The van der Waals surface area contributed by atoms with Crippen LogP contribution in [0.5, 0.6) is 0 Å². The molecule has 0 saturated carbocycles. The van der Waals surface area contributed by atoms with E-state index in [4.69, 9.17) is 9.47 Å². The molecular formula is C28H40N4O6. The molecule has 3 N–H and O–H groups in total. The van der Waals surface area contributed by atoms with Crippen LogP contribution in [0.2, 0.25) is 0 Å². The minimum absolute atomic E-state index is 0.0489. The number of amides is 3. The van der Waals surface area contributed by atoms with E-state index in [1.807, 2.05) is 50.1 Å². The van der Waals surface area contributed by atoms with E-state index in [1.165, 1.54) is 0 Å². The number of hydrogen-bond donors (Lipinski definition) is 3. The average Bonchev–Trinajstić information content (AvgIpc) is 3.67. The smallest absolute Gasteiger partial charge is 0.338 e. The highest BCUT2D eigenvalue weighted by Crippen LogP contribution is 2.27.